The summed E-state index contributed by atoms with van der Waals surface area (Å²) in [7, 11) is 0. The number of nitrogens with zero attached hydrogens (tertiary/aromatic N) is 2. The van der Waals surface area contributed by atoms with E-state index in [2.05, 4.69) is 16.0 Å². The van der Waals surface area contributed by atoms with Crippen LogP contribution in [0.2, 0.25) is 0 Å². The Morgan fingerprint density at radius 2 is 1.71 bits per heavy atom. The van der Waals surface area contributed by atoms with Gasteiger partial charge in [-0.1, -0.05) is 12.1 Å². The van der Waals surface area contributed by atoms with Crippen LogP contribution >= 0.6 is 0 Å². The van der Waals surface area contributed by atoms with Gasteiger partial charge in [0.2, 0.25) is 0 Å². The summed E-state index contributed by atoms with van der Waals surface area (Å²) in [6.45, 7) is 1.94. The number of alkyl halides is 3. The van der Waals surface area contributed by atoms with Gasteiger partial charge in [-0.3, -0.25) is 0 Å². The van der Waals surface area contributed by atoms with Crippen LogP contribution in [-0.2, 0) is 0 Å². The van der Waals surface area contributed by atoms with E-state index in [1.807, 2.05) is 0 Å². The highest BCUT2D eigenvalue weighted by Gasteiger charge is 2.47. The van der Waals surface area contributed by atoms with E-state index < -0.39 is 11.7 Å². The summed E-state index contributed by atoms with van der Waals surface area (Å²) in [4.78, 5) is 7.45. The van der Waals surface area contributed by atoms with E-state index in [1.165, 1.54) is 12.1 Å². The Labute approximate surface area is 120 Å². The Morgan fingerprint density at radius 1 is 1.14 bits per heavy atom. The molecule has 0 radical (unpaired) electrons. The SMILES string of the molecule is CC(C)(N=C=NC(c1ccc(F)cc1)C1CC1)C(F)(F)F. The van der Waals surface area contributed by atoms with Crippen LogP contribution < -0.4 is 0 Å². The molecule has 0 amide bonds. The molecule has 1 unspecified atom stereocenters. The first-order valence-electron chi connectivity index (χ1n) is 6.69. The van der Waals surface area contributed by atoms with Crippen molar-refractivity contribution in [2.45, 2.75) is 44.4 Å². The molecule has 1 aromatic rings. The summed E-state index contributed by atoms with van der Waals surface area (Å²) in [5, 5.41) is 0. The molecule has 1 aliphatic carbocycles. The van der Waals surface area contributed by atoms with Crippen LogP contribution in [0, 0.1) is 11.7 Å². The highest BCUT2D eigenvalue weighted by molar-refractivity contribution is 5.44. The Bertz CT molecular complexity index is 550. The standard InChI is InChI=1S/C15H16F4N2/c1-14(2,15(17,18)19)21-9-20-13(10-3-4-10)11-5-7-12(16)8-6-11/h5-8,10,13H,3-4H2,1-2H3. The molecule has 6 heteroatoms. The van der Waals surface area contributed by atoms with Gasteiger partial charge in [-0.2, -0.15) is 13.2 Å². The zero-order valence-corrected chi connectivity index (χ0v) is 11.8. The number of rotatable bonds is 4. The van der Waals surface area contributed by atoms with Crippen molar-refractivity contribution in [2.24, 2.45) is 15.9 Å². The van der Waals surface area contributed by atoms with Crippen molar-refractivity contribution in [2.75, 3.05) is 0 Å². The highest BCUT2D eigenvalue weighted by atomic mass is 19.4. The minimum atomic E-state index is -4.44. The lowest BCUT2D eigenvalue weighted by Gasteiger charge is -2.21. The number of halogens is 4. The molecule has 1 fully saturated rings. The molecule has 0 aromatic heterocycles. The second kappa shape index (κ2) is 5.60. The molecule has 114 valence electrons. The van der Waals surface area contributed by atoms with Gasteiger partial charge < -0.3 is 0 Å². The molecule has 1 saturated carbocycles. The molecular weight excluding hydrogens is 284 g/mol. The van der Waals surface area contributed by atoms with Gasteiger partial charge in [0.1, 0.15) is 5.82 Å². The fraction of sp³-hybridized carbons (Fsp3) is 0.533. The molecule has 0 saturated heterocycles. The van der Waals surface area contributed by atoms with E-state index in [1.54, 1.807) is 12.1 Å². The van der Waals surface area contributed by atoms with Crippen molar-refractivity contribution in [1.29, 1.82) is 0 Å². The van der Waals surface area contributed by atoms with Gasteiger partial charge in [0.25, 0.3) is 0 Å². The topological polar surface area (TPSA) is 24.7 Å². The number of hydrogen-bond donors (Lipinski definition) is 0. The maximum Gasteiger partial charge on any atom is 0.413 e. The summed E-state index contributed by atoms with van der Waals surface area (Å²) in [5.41, 5.74) is -1.45. The summed E-state index contributed by atoms with van der Waals surface area (Å²) in [6.07, 6.45) is -2.54. The summed E-state index contributed by atoms with van der Waals surface area (Å²) < 4.78 is 51.0. The quantitative estimate of drug-likeness (QED) is 0.564. The molecule has 1 atom stereocenters. The Kier molecular flexibility index (Phi) is 4.19. The first-order chi connectivity index (χ1) is 9.71. The number of hydrogen-bond acceptors (Lipinski definition) is 2. The van der Waals surface area contributed by atoms with Crippen molar-refractivity contribution in [3.63, 3.8) is 0 Å². The van der Waals surface area contributed by atoms with Crippen LogP contribution in [0.3, 0.4) is 0 Å². The fourth-order valence-electron chi connectivity index (χ4n) is 1.80. The van der Waals surface area contributed by atoms with Crippen molar-refractivity contribution < 1.29 is 17.6 Å². The molecule has 2 rings (SSSR count). The van der Waals surface area contributed by atoms with Crippen molar-refractivity contribution in [3.05, 3.63) is 35.6 Å². The number of aliphatic imine (C=N–C) groups is 2. The molecule has 0 bridgehead atoms. The van der Waals surface area contributed by atoms with Crippen LogP contribution in [-0.4, -0.2) is 17.7 Å². The Hall–Kier alpha value is -1.68. The van der Waals surface area contributed by atoms with Crippen LogP contribution in [0.4, 0.5) is 17.6 Å². The third-order valence-electron chi connectivity index (χ3n) is 3.50. The zero-order valence-electron chi connectivity index (χ0n) is 11.8. The predicted octanol–water partition coefficient (Wildman–Crippen LogP) is 4.79. The highest BCUT2D eigenvalue weighted by Crippen LogP contribution is 2.43. The Morgan fingerprint density at radius 3 is 2.19 bits per heavy atom. The average Bonchev–Trinajstić information content (AvgIpc) is 3.19. The predicted molar refractivity (Wildman–Crippen MR) is 71.9 cm³/mol. The lowest BCUT2D eigenvalue weighted by Crippen LogP contribution is -2.36. The van der Waals surface area contributed by atoms with Crippen LogP contribution in [0.5, 0.6) is 0 Å². The minimum absolute atomic E-state index is 0.271. The average molecular weight is 300 g/mol. The minimum Gasteiger partial charge on any atom is -0.217 e. The van der Waals surface area contributed by atoms with E-state index in [0.29, 0.717) is 0 Å². The maximum atomic E-state index is 12.9. The third kappa shape index (κ3) is 3.91. The molecule has 1 aromatic carbocycles. The van der Waals surface area contributed by atoms with E-state index in [-0.39, 0.29) is 17.8 Å². The van der Waals surface area contributed by atoms with Crippen molar-refractivity contribution in [1.82, 2.24) is 0 Å². The van der Waals surface area contributed by atoms with Crippen molar-refractivity contribution >= 4 is 6.01 Å². The lowest BCUT2D eigenvalue weighted by molar-refractivity contribution is -0.174. The van der Waals surface area contributed by atoms with Gasteiger partial charge in [-0.15, -0.1) is 0 Å². The summed E-state index contributed by atoms with van der Waals surface area (Å²) in [5.74, 6) is -0.0868. The summed E-state index contributed by atoms with van der Waals surface area (Å²) >= 11 is 0. The third-order valence-corrected chi connectivity index (χ3v) is 3.50. The second-order valence-electron chi connectivity index (χ2n) is 5.73. The molecular formula is C15H16F4N2. The van der Waals surface area contributed by atoms with Crippen molar-refractivity contribution in [3.8, 4) is 0 Å². The monoisotopic (exact) mass is 300 g/mol. The molecule has 21 heavy (non-hydrogen) atoms. The van der Waals surface area contributed by atoms with Gasteiger partial charge in [0.15, 0.2) is 5.54 Å². The largest absolute Gasteiger partial charge is 0.413 e. The second-order valence-corrected chi connectivity index (χ2v) is 5.73. The van der Waals surface area contributed by atoms with Gasteiger partial charge in [0, 0.05) is 0 Å². The van der Waals surface area contributed by atoms with E-state index in [9.17, 15) is 17.6 Å². The van der Waals surface area contributed by atoms with E-state index >= 15 is 0 Å². The molecule has 0 N–H and O–H groups in total. The first-order valence-corrected chi connectivity index (χ1v) is 6.69. The van der Waals surface area contributed by atoms with Crippen LogP contribution in [0.25, 0.3) is 0 Å². The smallest absolute Gasteiger partial charge is 0.217 e. The van der Waals surface area contributed by atoms with Crippen LogP contribution in [0.1, 0.15) is 38.3 Å². The lowest BCUT2D eigenvalue weighted by atomic mass is 10.0. The van der Waals surface area contributed by atoms with E-state index in [0.717, 1.165) is 32.3 Å². The van der Waals surface area contributed by atoms with Crippen LogP contribution in [0.15, 0.2) is 34.3 Å². The van der Waals surface area contributed by atoms with Gasteiger partial charge in [0.05, 0.1) is 12.1 Å². The Balaban J connectivity index is 2.21. The first kappa shape index (κ1) is 15.7. The summed E-state index contributed by atoms with van der Waals surface area (Å²) in [6, 6.07) is 7.72. The molecule has 0 heterocycles. The van der Waals surface area contributed by atoms with Gasteiger partial charge >= 0.3 is 6.18 Å². The number of benzene rings is 1. The normalized spacial score (nSPS) is 17.0. The van der Waals surface area contributed by atoms with E-state index in [4.69, 9.17) is 0 Å². The molecule has 0 spiro atoms. The molecule has 2 nitrogen and oxygen atoms in total. The fourth-order valence-corrected chi connectivity index (χ4v) is 1.80. The zero-order chi connectivity index (χ0) is 15.7. The van der Waals surface area contributed by atoms with Gasteiger partial charge in [-0.25, -0.2) is 14.4 Å². The van der Waals surface area contributed by atoms with Gasteiger partial charge in [-0.05, 0) is 50.3 Å². The maximum absolute atomic E-state index is 12.9. The molecule has 0 aliphatic heterocycles. The molecule has 1 aliphatic rings.